The van der Waals surface area contributed by atoms with E-state index < -0.39 is 0 Å². The fraction of sp³-hybridized carbons (Fsp3) is 0.480. The lowest BCUT2D eigenvalue weighted by Crippen LogP contribution is -2.40. The van der Waals surface area contributed by atoms with Crippen LogP contribution in [0.15, 0.2) is 36.4 Å². The van der Waals surface area contributed by atoms with Gasteiger partial charge in [-0.15, -0.1) is 0 Å². The molecule has 7 nitrogen and oxygen atoms in total. The number of hydrogen-bond donors (Lipinski definition) is 2. The number of nitrogens with zero attached hydrogens (tertiary/aromatic N) is 2. The molecule has 1 unspecified atom stereocenters. The van der Waals surface area contributed by atoms with Crippen LogP contribution in [0.2, 0.25) is 0 Å². The Kier molecular flexibility index (Phi) is 10.3. The molecule has 1 aromatic heterocycles. The van der Waals surface area contributed by atoms with Crippen LogP contribution in [0.25, 0.3) is 0 Å². The topological polar surface area (TPSA) is 97.6 Å². The Morgan fingerprint density at radius 1 is 1.12 bits per heavy atom. The number of ether oxygens (including phenoxy) is 1. The van der Waals surface area contributed by atoms with Crippen molar-refractivity contribution in [3.8, 4) is 0 Å². The molecule has 0 aliphatic rings. The molecule has 0 saturated carbocycles. The van der Waals surface area contributed by atoms with Gasteiger partial charge in [0.2, 0.25) is 0 Å². The van der Waals surface area contributed by atoms with Crippen LogP contribution in [0.3, 0.4) is 0 Å². The largest absolute Gasteiger partial charge is 0.375 e. The molecular formula is C25H36N4O3. The smallest absolute Gasteiger partial charge is 0.272 e. The first-order chi connectivity index (χ1) is 15.3. The summed E-state index contributed by atoms with van der Waals surface area (Å²) in [6, 6.07) is 11.0. The molecule has 0 saturated heterocycles. The summed E-state index contributed by atoms with van der Waals surface area (Å²) in [6.07, 6.45) is 1.74. The van der Waals surface area contributed by atoms with Gasteiger partial charge in [0.25, 0.3) is 11.8 Å². The van der Waals surface area contributed by atoms with Crippen molar-refractivity contribution >= 4 is 11.8 Å². The average molecular weight is 441 g/mol. The number of aromatic nitrogens is 1. The molecule has 1 aromatic carbocycles. The summed E-state index contributed by atoms with van der Waals surface area (Å²) >= 11 is 0. The highest BCUT2D eigenvalue weighted by Gasteiger charge is 2.19. The number of aryl methyl sites for hydroxylation is 2. The van der Waals surface area contributed by atoms with Gasteiger partial charge >= 0.3 is 0 Å². The number of nitrogens with two attached hydrogens (primary N) is 1. The summed E-state index contributed by atoms with van der Waals surface area (Å²) in [5.74, 6) is -0.427. The maximum Gasteiger partial charge on any atom is 0.272 e. The number of nitrogens with one attached hydrogen (secondary N) is 1. The molecule has 32 heavy (non-hydrogen) atoms. The fourth-order valence-electron chi connectivity index (χ4n) is 3.44. The van der Waals surface area contributed by atoms with E-state index in [0.29, 0.717) is 43.3 Å². The third kappa shape index (κ3) is 8.05. The van der Waals surface area contributed by atoms with E-state index in [1.165, 1.54) is 5.56 Å². The molecule has 0 bridgehead atoms. The molecule has 0 radical (unpaired) electrons. The van der Waals surface area contributed by atoms with Gasteiger partial charge in [0.1, 0.15) is 5.69 Å². The normalized spacial score (nSPS) is 11.8. The maximum atomic E-state index is 12.9. The maximum absolute atomic E-state index is 12.9. The first kappa shape index (κ1) is 25.5. The molecule has 0 fully saturated rings. The van der Waals surface area contributed by atoms with Crippen molar-refractivity contribution in [2.45, 2.75) is 53.2 Å². The molecule has 2 rings (SSSR count). The number of amides is 2. The second-order valence-corrected chi connectivity index (χ2v) is 8.15. The minimum Gasteiger partial charge on any atom is -0.375 e. The van der Waals surface area contributed by atoms with Crippen molar-refractivity contribution in [3.05, 3.63) is 64.5 Å². The van der Waals surface area contributed by atoms with E-state index in [2.05, 4.69) is 16.4 Å². The summed E-state index contributed by atoms with van der Waals surface area (Å²) in [6.45, 7) is 10.3. The highest BCUT2D eigenvalue weighted by molar-refractivity contribution is 5.98. The van der Waals surface area contributed by atoms with Crippen LogP contribution >= 0.6 is 0 Å². The Bertz CT molecular complexity index is 895. The lowest BCUT2D eigenvalue weighted by atomic mass is 10.1. The highest BCUT2D eigenvalue weighted by atomic mass is 16.5. The third-order valence-electron chi connectivity index (χ3n) is 4.92. The molecule has 2 aromatic rings. The molecule has 7 heteroatoms. The van der Waals surface area contributed by atoms with Gasteiger partial charge < -0.3 is 20.7 Å². The molecule has 3 N–H and O–H groups in total. The van der Waals surface area contributed by atoms with E-state index in [1.807, 2.05) is 39.0 Å². The summed E-state index contributed by atoms with van der Waals surface area (Å²) in [5, 5.41) is 2.83. The number of rotatable bonds is 12. The van der Waals surface area contributed by atoms with Gasteiger partial charge in [-0.05, 0) is 44.4 Å². The van der Waals surface area contributed by atoms with Crippen molar-refractivity contribution in [1.29, 1.82) is 0 Å². The second-order valence-electron chi connectivity index (χ2n) is 8.15. The predicted octanol–water partition coefficient (Wildman–Crippen LogP) is 3.23. The first-order valence-corrected chi connectivity index (χ1v) is 11.3. The van der Waals surface area contributed by atoms with Gasteiger partial charge in [-0.25, -0.2) is 4.98 Å². The van der Waals surface area contributed by atoms with Crippen LogP contribution in [0.1, 0.15) is 64.4 Å². The van der Waals surface area contributed by atoms with Gasteiger partial charge in [-0.3, -0.25) is 9.59 Å². The first-order valence-electron chi connectivity index (χ1n) is 11.3. The van der Waals surface area contributed by atoms with Crippen molar-refractivity contribution < 1.29 is 14.3 Å². The Hall–Kier alpha value is -2.77. The van der Waals surface area contributed by atoms with E-state index in [1.54, 1.807) is 24.0 Å². The van der Waals surface area contributed by atoms with E-state index in [0.717, 1.165) is 18.4 Å². The van der Waals surface area contributed by atoms with Crippen molar-refractivity contribution in [3.63, 3.8) is 0 Å². The monoisotopic (exact) mass is 440 g/mol. The van der Waals surface area contributed by atoms with Gasteiger partial charge in [0.05, 0.1) is 13.2 Å². The zero-order valence-corrected chi connectivity index (χ0v) is 19.7. The Labute approximate surface area is 191 Å². The number of carbonyl (C=O) groups is 2. The van der Waals surface area contributed by atoms with Crippen LogP contribution < -0.4 is 11.1 Å². The Morgan fingerprint density at radius 3 is 2.50 bits per heavy atom. The fourth-order valence-corrected chi connectivity index (χ4v) is 3.44. The number of benzene rings is 1. The third-order valence-corrected chi connectivity index (χ3v) is 4.92. The average Bonchev–Trinajstić information content (AvgIpc) is 2.76. The van der Waals surface area contributed by atoms with Crippen LogP contribution in [-0.2, 0) is 11.3 Å². The van der Waals surface area contributed by atoms with Gasteiger partial charge in [-0.1, -0.05) is 43.7 Å². The molecule has 1 heterocycles. The zero-order valence-electron chi connectivity index (χ0n) is 19.7. The lowest BCUT2D eigenvalue weighted by Gasteiger charge is -2.21. The summed E-state index contributed by atoms with van der Waals surface area (Å²) in [7, 11) is 0. The van der Waals surface area contributed by atoms with Crippen LogP contribution in [-0.4, -0.2) is 54.0 Å². The highest BCUT2D eigenvalue weighted by Crippen LogP contribution is 2.10. The van der Waals surface area contributed by atoms with Gasteiger partial charge in [0.15, 0.2) is 0 Å². The number of hydrogen-bond acceptors (Lipinski definition) is 5. The Morgan fingerprint density at radius 2 is 1.84 bits per heavy atom. The van der Waals surface area contributed by atoms with E-state index in [9.17, 15) is 9.59 Å². The molecule has 2 amide bonds. The summed E-state index contributed by atoms with van der Waals surface area (Å²) in [4.78, 5) is 31.7. The molecular weight excluding hydrogens is 404 g/mol. The minimum absolute atomic E-state index is 0.146. The zero-order chi connectivity index (χ0) is 23.5. The Balaban J connectivity index is 1.91. The molecule has 1 atom stereocenters. The number of carbonyl (C=O) groups excluding carboxylic acids is 2. The van der Waals surface area contributed by atoms with Crippen LogP contribution in [0, 0.1) is 13.8 Å². The molecule has 174 valence electrons. The van der Waals surface area contributed by atoms with Crippen LogP contribution in [0.4, 0.5) is 0 Å². The standard InChI is InChI=1S/C25H36N4O3/c1-5-10-29(11-6-2)25(31)23-14-21(13-19(4)28-23)24(30)27-15-22(26)17-32-16-20-9-7-8-18(3)12-20/h7-9,12-14,22H,5-6,10-11,15-17,26H2,1-4H3,(H,27,30). The minimum atomic E-state index is -0.336. The SMILES string of the molecule is CCCN(CCC)C(=O)c1cc(C(=O)NCC(N)COCc2cccc(C)c2)cc(C)n1. The predicted molar refractivity (Wildman–Crippen MR) is 127 cm³/mol. The molecule has 0 spiro atoms. The summed E-state index contributed by atoms with van der Waals surface area (Å²) < 4.78 is 5.68. The molecule has 0 aliphatic carbocycles. The summed E-state index contributed by atoms with van der Waals surface area (Å²) in [5.41, 5.74) is 9.69. The van der Waals surface area contributed by atoms with Crippen molar-refractivity contribution in [2.75, 3.05) is 26.2 Å². The van der Waals surface area contributed by atoms with Crippen molar-refractivity contribution in [2.24, 2.45) is 5.73 Å². The lowest BCUT2D eigenvalue weighted by molar-refractivity contribution is 0.0749. The molecule has 0 aliphatic heterocycles. The van der Waals surface area contributed by atoms with Crippen LogP contribution in [0.5, 0.6) is 0 Å². The van der Waals surface area contributed by atoms with Gasteiger partial charge in [0, 0.05) is 36.9 Å². The van der Waals surface area contributed by atoms with Gasteiger partial charge in [-0.2, -0.15) is 0 Å². The van der Waals surface area contributed by atoms with E-state index in [-0.39, 0.29) is 24.4 Å². The second kappa shape index (κ2) is 12.9. The number of pyridine rings is 1. The van der Waals surface area contributed by atoms with Crippen molar-refractivity contribution in [1.82, 2.24) is 15.2 Å². The van der Waals surface area contributed by atoms with E-state index >= 15 is 0 Å². The van der Waals surface area contributed by atoms with E-state index in [4.69, 9.17) is 10.5 Å². The quantitative estimate of drug-likeness (QED) is 0.528.